The third-order valence-electron chi connectivity index (χ3n) is 2.33. The monoisotopic (exact) mass is 266 g/mol. The molecule has 18 heavy (non-hydrogen) atoms. The molecule has 0 bridgehead atoms. The molecule has 0 N–H and O–H groups in total. The second kappa shape index (κ2) is 4.81. The summed E-state index contributed by atoms with van der Waals surface area (Å²) in [6.07, 6.45) is 1.72. The Kier molecular flexibility index (Phi) is 3.38. The van der Waals surface area contributed by atoms with Gasteiger partial charge >= 0.3 is 10.1 Å². The normalized spacial score (nSPS) is 11.4. The number of hydrogen-bond donors (Lipinski definition) is 0. The predicted octanol–water partition coefficient (Wildman–Crippen LogP) is 1.77. The quantitative estimate of drug-likeness (QED) is 0.791. The first-order chi connectivity index (χ1) is 8.49. The molecule has 1 heterocycles. The molecule has 0 radical (unpaired) electrons. The predicted molar refractivity (Wildman–Crippen MR) is 68.4 cm³/mol. The Labute approximate surface area is 106 Å². The van der Waals surface area contributed by atoms with Crippen LogP contribution < -0.4 is 4.18 Å². The van der Waals surface area contributed by atoms with Crippen molar-refractivity contribution in [2.75, 3.05) is 6.26 Å². The van der Waals surface area contributed by atoms with Crippen LogP contribution in [0.25, 0.3) is 5.69 Å². The number of benzene rings is 1. The molecule has 0 spiro atoms. The molecule has 2 aromatic rings. The van der Waals surface area contributed by atoms with Crippen LogP contribution in [0.5, 0.6) is 5.88 Å². The molecule has 0 unspecified atom stereocenters. The lowest BCUT2D eigenvalue weighted by molar-refractivity contribution is 0.471. The van der Waals surface area contributed by atoms with Crippen molar-refractivity contribution in [2.45, 2.75) is 13.3 Å². The second-order valence-electron chi connectivity index (χ2n) is 3.86. The van der Waals surface area contributed by atoms with E-state index < -0.39 is 10.1 Å². The minimum absolute atomic E-state index is 0.209. The molecular formula is C12H14N2O3S. The summed E-state index contributed by atoms with van der Waals surface area (Å²) >= 11 is 0. The Morgan fingerprint density at radius 2 is 1.94 bits per heavy atom. The van der Waals surface area contributed by atoms with Gasteiger partial charge < -0.3 is 4.18 Å². The van der Waals surface area contributed by atoms with E-state index in [-0.39, 0.29) is 5.88 Å². The summed E-state index contributed by atoms with van der Waals surface area (Å²) in [6, 6.07) is 10.9. The first-order valence-corrected chi connectivity index (χ1v) is 7.35. The largest absolute Gasteiger partial charge is 0.362 e. The highest BCUT2D eigenvalue weighted by Crippen LogP contribution is 2.20. The molecule has 0 saturated heterocycles. The number of aryl methyl sites for hydroxylation is 1. The van der Waals surface area contributed by atoms with E-state index in [1.165, 1.54) is 4.68 Å². The molecule has 5 nitrogen and oxygen atoms in total. The summed E-state index contributed by atoms with van der Waals surface area (Å²) in [5.74, 6) is 0.209. The second-order valence-corrected chi connectivity index (χ2v) is 5.44. The first-order valence-electron chi connectivity index (χ1n) is 5.53. The molecule has 0 saturated carbocycles. The van der Waals surface area contributed by atoms with Gasteiger partial charge in [0.05, 0.1) is 17.6 Å². The molecule has 6 heteroatoms. The highest BCUT2D eigenvalue weighted by Gasteiger charge is 2.14. The molecule has 0 fully saturated rings. The number of para-hydroxylation sites is 1. The van der Waals surface area contributed by atoms with Gasteiger partial charge in [0.15, 0.2) is 0 Å². The van der Waals surface area contributed by atoms with E-state index in [1.54, 1.807) is 6.07 Å². The number of rotatable bonds is 4. The lowest BCUT2D eigenvalue weighted by atomic mass is 10.3. The standard InChI is InChI=1S/C12H14N2O3S/c1-3-10-9-12(17-18(2,15)16)14(13-10)11-7-5-4-6-8-11/h4-9H,3H2,1-2H3. The average Bonchev–Trinajstić information content (AvgIpc) is 2.71. The summed E-state index contributed by atoms with van der Waals surface area (Å²) in [5, 5.41) is 4.31. The Bertz CT molecular complexity index is 633. The Morgan fingerprint density at radius 1 is 1.28 bits per heavy atom. The fourth-order valence-electron chi connectivity index (χ4n) is 1.55. The topological polar surface area (TPSA) is 61.2 Å². The van der Waals surface area contributed by atoms with Crippen molar-refractivity contribution >= 4 is 10.1 Å². The van der Waals surface area contributed by atoms with E-state index in [0.717, 1.165) is 17.6 Å². The van der Waals surface area contributed by atoms with Crippen LogP contribution in [0.3, 0.4) is 0 Å². The lowest BCUT2D eigenvalue weighted by Gasteiger charge is -2.06. The van der Waals surface area contributed by atoms with E-state index in [2.05, 4.69) is 5.10 Å². The summed E-state index contributed by atoms with van der Waals surface area (Å²) in [7, 11) is -3.56. The van der Waals surface area contributed by atoms with Gasteiger partial charge in [-0.3, -0.25) is 0 Å². The van der Waals surface area contributed by atoms with Gasteiger partial charge in [-0.05, 0) is 18.6 Å². The maximum atomic E-state index is 11.2. The zero-order valence-electron chi connectivity index (χ0n) is 10.2. The van der Waals surface area contributed by atoms with E-state index in [4.69, 9.17) is 4.18 Å². The first kappa shape index (κ1) is 12.6. The van der Waals surface area contributed by atoms with Gasteiger partial charge in [0.25, 0.3) is 0 Å². The van der Waals surface area contributed by atoms with Crippen molar-refractivity contribution in [1.82, 2.24) is 9.78 Å². The van der Waals surface area contributed by atoms with Crippen LogP contribution in [0.1, 0.15) is 12.6 Å². The van der Waals surface area contributed by atoms with Crippen LogP contribution in [0.4, 0.5) is 0 Å². The molecule has 2 rings (SSSR count). The van der Waals surface area contributed by atoms with Crippen molar-refractivity contribution < 1.29 is 12.6 Å². The van der Waals surface area contributed by atoms with Gasteiger partial charge in [-0.2, -0.15) is 18.2 Å². The van der Waals surface area contributed by atoms with Crippen LogP contribution in [0.2, 0.25) is 0 Å². The van der Waals surface area contributed by atoms with E-state index in [9.17, 15) is 8.42 Å². The van der Waals surface area contributed by atoms with Gasteiger partial charge in [-0.25, -0.2) is 0 Å². The SMILES string of the molecule is CCc1cc(OS(C)(=O)=O)n(-c2ccccc2)n1. The van der Waals surface area contributed by atoms with E-state index >= 15 is 0 Å². The Balaban J connectivity index is 2.49. The van der Waals surface area contributed by atoms with Gasteiger partial charge in [-0.1, -0.05) is 25.1 Å². The van der Waals surface area contributed by atoms with Gasteiger partial charge in [0, 0.05) is 6.07 Å². The fraction of sp³-hybridized carbons (Fsp3) is 0.250. The highest BCUT2D eigenvalue weighted by atomic mass is 32.2. The molecule has 1 aromatic heterocycles. The van der Waals surface area contributed by atoms with Crippen molar-refractivity contribution in [2.24, 2.45) is 0 Å². The van der Waals surface area contributed by atoms with Crippen molar-refractivity contribution in [1.29, 1.82) is 0 Å². The van der Waals surface area contributed by atoms with Crippen LogP contribution in [0.15, 0.2) is 36.4 Å². The smallest absolute Gasteiger partial charge is 0.307 e. The molecule has 0 atom stereocenters. The number of hydrogen-bond acceptors (Lipinski definition) is 4. The fourth-order valence-corrected chi connectivity index (χ4v) is 1.98. The van der Waals surface area contributed by atoms with Crippen LogP contribution >= 0.6 is 0 Å². The molecule has 96 valence electrons. The van der Waals surface area contributed by atoms with Gasteiger partial charge in [0.2, 0.25) is 5.88 Å². The zero-order chi connectivity index (χ0) is 13.2. The molecule has 0 aliphatic carbocycles. The zero-order valence-corrected chi connectivity index (χ0v) is 11.0. The molecular weight excluding hydrogens is 252 g/mol. The van der Waals surface area contributed by atoms with Gasteiger partial charge in [-0.15, -0.1) is 0 Å². The highest BCUT2D eigenvalue weighted by molar-refractivity contribution is 7.86. The maximum absolute atomic E-state index is 11.2. The van der Waals surface area contributed by atoms with Gasteiger partial charge in [0.1, 0.15) is 0 Å². The Hall–Kier alpha value is -1.82. The Morgan fingerprint density at radius 3 is 2.50 bits per heavy atom. The van der Waals surface area contributed by atoms with Crippen LogP contribution in [-0.4, -0.2) is 24.5 Å². The lowest BCUT2D eigenvalue weighted by Crippen LogP contribution is -2.09. The van der Waals surface area contributed by atoms with E-state index in [0.29, 0.717) is 6.42 Å². The van der Waals surface area contributed by atoms with E-state index in [1.807, 2.05) is 37.3 Å². The average molecular weight is 266 g/mol. The number of nitrogens with zero attached hydrogens (tertiary/aromatic N) is 2. The third-order valence-corrected chi connectivity index (χ3v) is 2.80. The summed E-state index contributed by atoms with van der Waals surface area (Å²) in [5.41, 5.74) is 1.54. The van der Waals surface area contributed by atoms with Crippen molar-refractivity contribution in [3.05, 3.63) is 42.1 Å². The minimum Gasteiger partial charge on any atom is -0.362 e. The number of aromatic nitrogens is 2. The summed E-state index contributed by atoms with van der Waals surface area (Å²) < 4.78 is 28.9. The third kappa shape index (κ3) is 2.89. The van der Waals surface area contributed by atoms with Crippen molar-refractivity contribution in [3.63, 3.8) is 0 Å². The van der Waals surface area contributed by atoms with Crippen LogP contribution in [-0.2, 0) is 16.5 Å². The molecule has 0 amide bonds. The maximum Gasteiger partial charge on any atom is 0.307 e. The van der Waals surface area contributed by atoms with Crippen molar-refractivity contribution in [3.8, 4) is 11.6 Å². The van der Waals surface area contributed by atoms with Crippen LogP contribution in [0, 0.1) is 0 Å². The summed E-state index contributed by atoms with van der Waals surface area (Å²) in [6.45, 7) is 1.95. The summed E-state index contributed by atoms with van der Waals surface area (Å²) in [4.78, 5) is 0. The molecule has 0 aliphatic heterocycles. The molecule has 1 aromatic carbocycles. The molecule has 0 aliphatic rings. The minimum atomic E-state index is -3.56.